The molecule has 0 aliphatic carbocycles. The van der Waals surface area contributed by atoms with Gasteiger partial charge in [-0.25, -0.2) is 4.99 Å². The van der Waals surface area contributed by atoms with E-state index in [9.17, 15) is 0 Å². The van der Waals surface area contributed by atoms with Crippen molar-refractivity contribution in [3.63, 3.8) is 0 Å². The van der Waals surface area contributed by atoms with Crippen molar-refractivity contribution in [2.75, 3.05) is 37.7 Å². The van der Waals surface area contributed by atoms with Crippen LogP contribution in [0.25, 0.3) is 0 Å². The third kappa shape index (κ3) is 5.73. The van der Waals surface area contributed by atoms with Gasteiger partial charge in [-0.1, -0.05) is 48.0 Å². The van der Waals surface area contributed by atoms with E-state index in [1.165, 1.54) is 22.4 Å². The second kappa shape index (κ2) is 9.97. The van der Waals surface area contributed by atoms with E-state index in [1.54, 1.807) is 0 Å². The van der Waals surface area contributed by atoms with Crippen molar-refractivity contribution in [3.05, 3.63) is 65.2 Å². The first-order valence-electron chi connectivity index (χ1n) is 9.74. The minimum Gasteiger partial charge on any atom is -0.378 e. The Labute approximate surface area is 162 Å². The van der Waals surface area contributed by atoms with Gasteiger partial charge < -0.3 is 20.3 Å². The van der Waals surface area contributed by atoms with Gasteiger partial charge in [0.25, 0.3) is 0 Å². The largest absolute Gasteiger partial charge is 0.378 e. The SMILES string of the molecule is CCNC(=NCc1cccc(C)c1)NCc1ccccc1N1CCOCC1. The van der Waals surface area contributed by atoms with Crippen LogP contribution in [0.1, 0.15) is 23.6 Å². The lowest BCUT2D eigenvalue weighted by atomic mass is 10.1. The molecule has 0 bridgehead atoms. The summed E-state index contributed by atoms with van der Waals surface area (Å²) < 4.78 is 5.49. The number of morpholine rings is 1. The van der Waals surface area contributed by atoms with E-state index in [0.717, 1.165) is 45.4 Å². The van der Waals surface area contributed by atoms with Gasteiger partial charge in [0.1, 0.15) is 0 Å². The Morgan fingerprint density at radius 3 is 2.67 bits per heavy atom. The minimum atomic E-state index is 0.669. The molecule has 2 aromatic rings. The van der Waals surface area contributed by atoms with Crippen molar-refractivity contribution in [1.82, 2.24) is 10.6 Å². The molecule has 1 heterocycles. The molecule has 27 heavy (non-hydrogen) atoms. The fourth-order valence-electron chi connectivity index (χ4n) is 3.27. The fourth-order valence-corrected chi connectivity index (χ4v) is 3.27. The van der Waals surface area contributed by atoms with E-state index in [2.05, 4.69) is 77.9 Å². The number of benzene rings is 2. The number of aliphatic imine (C=N–C) groups is 1. The van der Waals surface area contributed by atoms with Crippen LogP contribution >= 0.6 is 0 Å². The van der Waals surface area contributed by atoms with Gasteiger partial charge in [0.2, 0.25) is 0 Å². The summed E-state index contributed by atoms with van der Waals surface area (Å²) in [5.74, 6) is 0.843. The number of para-hydroxylation sites is 1. The number of rotatable bonds is 6. The Hall–Kier alpha value is -2.53. The number of nitrogens with one attached hydrogen (secondary N) is 2. The highest BCUT2D eigenvalue weighted by molar-refractivity contribution is 5.80. The zero-order chi connectivity index (χ0) is 18.9. The van der Waals surface area contributed by atoms with Gasteiger partial charge in [0.05, 0.1) is 19.8 Å². The van der Waals surface area contributed by atoms with Crippen molar-refractivity contribution in [1.29, 1.82) is 0 Å². The number of hydrogen-bond donors (Lipinski definition) is 2. The molecule has 1 aliphatic heterocycles. The Bertz CT molecular complexity index is 753. The molecule has 0 unspecified atom stereocenters. The predicted octanol–water partition coefficient (Wildman–Crippen LogP) is 3.09. The molecular formula is C22H30N4O. The quantitative estimate of drug-likeness (QED) is 0.609. The molecule has 2 aromatic carbocycles. The van der Waals surface area contributed by atoms with Crippen LogP contribution in [-0.2, 0) is 17.8 Å². The molecular weight excluding hydrogens is 336 g/mol. The van der Waals surface area contributed by atoms with Crippen molar-refractivity contribution in [2.45, 2.75) is 26.9 Å². The number of aryl methyl sites for hydroxylation is 1. The molecule has 1 saturated heterocycles. The van der Waals surface area contributed by atoms with Crippen molar-refractivity contribution >= 4 is 11.6 Å². The van der Waals surface area contributed by atoms with Crippen molar-refractivity contribution < 1.29 is 4.74 Å². The number of nitrogens with zero attached hydrogens (tertiary/aromatic N) is 2. The average molecular weight is 367 g/mol. The first-order valence-corrected chi connectivity index (χ1v) is 9.74. The van der Waals surface area contributed by atoms with Gasteiger partial charge >= 0.3 is 0 Å². The molecule has 3 rings (SSSR count). The van der Waals surface area contributed by atoms with Crippen LogP contribution in [0, 0.1) is 6.92 Å². The Morgan fingerprint density at radius 1 is 1.07 bits per heavy atom. The number of anilines is 1. The van der Waals surface area contributed by atoms with E-state index in [1.807, 2.05) is 0 Å². The van der Waals surface area contributed by atoms with E-state index < -0.39 is 0 Å². The summed E-state index contributed by atoms with van der Waals surface area (Å²) in [6, 6.07) is 17.1. The van der Waals surface area contributed by atoms with E-state index >= 15 is 0 Å². The molecule has 5 nitrogen and oxygen atoms in total. The summed E-state index contributed by atoms with van der Waals surface area (Å²) in [6.07, 6.45) is 0. The van der Waals surface area contributed by atoms with Crippen molar-refractivity contribution in [3.8, 4) is 0 Å². The monoisotopic (exact) mass is 366 g/mol. The third-order valence-electron chi connectivity index (χ3n) is 4.64. The maximum atomic E-state index is 5.49. The molecule has 0 amide bonds. The Morgan fingerprint density at radius 2 is 1.89 bits per heavy atom. The molecule has 5 heteroatoms. The normalized spacial score (nSPS) is 14.9. The Kier molecular flexibility index (Phi) is 7.11. The molecule has 0 aromatic heterocycles. The van der Waals surface area contributed by atoms with Crippen LogP contribution in [0.15, 0.2) is 53.5 Å². The lowest BCUT2D eigenvalue weighted by Gasteiger charge is -2.30. The molecule has 1 fully saturated rings. The van der Waals surface area contributed by atoms with E-state index in [0.29, 0.717) is 6.54 Å². The van der Waals surface area contributed by atoms with Crippen LogP contribution in [-0.4, -0.2) is 38.8 Å². The fraction of sp³-hybridized carbons (Fsp3) is 0.409. The van der Waals surface area contributed by atoms with Gasteiger partial charge in [0, 0.05) is 31.9 Å². The van der Waals surface area contributed by atoms with Crippen LogP contribution in [0.5, 0.6) is 0 Å². The standard InChI is InChI=1S/C22H30N4O/c1-3-23-22(24-16-19-8-6-7-18(2)15-19)25-17-20-9-4-5-10-21(20)26-11-13-27-14-12-26/h4-10,15H,3,11-14,16-17H2,1-2H3,(H2,23,24,25). The van der Waals surface area contributed by atoms with Gasteiger partial charge in [-0.05, 0) is 31.0 Å². The molecule has 2 N–H and O–H groups in total. The zero-order valence-corrected chi connectivity index (χ0v) is 16.4. The Balaban J connectivity index is 1.66. The highest BCUT2D eigenvalue weighted by Gasteiger charge is 2.14. The highest BCUT2D eigenvalue weighted by atomic mass is 16.5. The van der Waals surface area contributed by atoms with Gasteiger partial charge in [-0.2, -0.15) is 0 Å². The molecule has 0 saturated carbocycles. The van der Waals surface area contributed by atoms with Crippen LogP contribution in [0.2, 0.25) is 0 Å². The molecule has 0 spiro atoms. The number of ether oxygens (including phenoxy) is 1. The zero-order valence-electron chi connectivity index (χ0n) is 16.4. The summed E-state index contributed by atoms with van der Waals surface area (Å²) in [5, 5.41) is 6.82. The lowest BCUT2D eigenvalue weighted by molar-refractivity contribution is 0.122. The first kappa shape index (κ1) is 19.2. The van der Waals surface area contributed by atoms with Gasteiger partial charge in [0.15, 0.2) is 5.96 Å². The molecule has 0 radical (unpaired) electrons. The van der Waals surface area contributed by atoms with Gasteiger partial charge in [-0.3, -0.25) is 0 Å². The second-order valence-electron chi connectivity index (χ2n) is 6.77. The van der Waals surface area contributed by atoms with Gasteiger partial charge in [-0.15, -0.1) is 0 Å². The number of hydrogen-bond acceptors (Lipinski definition) is 3. The van der Waals surface area contributed by atoms with E-state index in [-0.39, 0.29) is 0 Å². The molecule has 0 atom stereocenters. The maximum absolute atomic E-state index is 5.49. The summed E-state index contributed by atoms with van der Waals surface area (Å²) in [6.45, 7) is 9.92. The van der Waals surface area contributed by atoms with Crippen LogP contribution < -0.4 is 15.5 Å². The molecule has 1 aliphatic rings. The maximum Gasteiger partial charge on any atom is 0.191 e. The second-order valence-corrected chi connectivity index (χ2v) is 6.77. The topological polar surface area (TPSA) is 48.9 Å². The van der Waals surface area contributed by atoms with Crippen LogP contribution in [0.4, 0.5) is 5.69 Å². The summed E-state index contributed by atoms with van der Waals surface area (Å²) >= 11 is 0. The average Bonchev–Trinajstić information content (AvgIpc) is 2.71. The number of guanidine groups is 1. The summed E-state index contributed by atoms with van der Waals surface area (Å²) in [7, 11) is 0. The smallest absolute Gasteiger partial charge is 0.191 e. The summed E-state index contributed by atoms with van der Waals surface area (Å²) in [5.41, 5.74) is 5.05. The molecule has 144 valence electrons. The predicted molar refractivity (Wildman–Crippen MR) is 112 cm³/mol. The van der Waals surface area contributed by atoms with E-state index in [4.69, 9.17) is 9.73 Å². The highest BCUT2D eigenvalue weighted by Crippen LogP contribution is 2.21. The minimum absolute atomic E-state index is 0.669. The summed E-state index contributed by atoms with van der Waals surface area (Å²) in [4.78, 5) is 7.14. The first-order chi connectivity index (χ1) is 13.3. The lowest BCUT2D eigenvalue weighted by Crippen LogP contribution is -2.39. The van der Waals surface area contributed by atoms with Crippen LogP contribution in [0.3, 0.4) is 0 Å². The third-order valence-corrected chi connectivity index (χ3v) is 4.64. The van der Waals surface area contributed by atoms with Crippen molar-refractivity contribution in [2.24, 2.45) is 4.99 Å².